The van der Waals surface area contributed by atoms with E-state index in [0.717, 1.165) is 0 Å². The Morgan fingerprint density at radius 2 is 2.12 bits per heavy atom. The molecule has 0 aromatic carbocycles. The summed E-state index contributed by atoms with van der Waals surface area (Å²) < 4.78 is 1.54. The van der Waals surface area contributed by atoms with E-state index in [1.807, 2.05) is 0 Å². The molecule has 24 heavy (non-hydrogen) atoms. The Morgan fingerprint density at radius 1 is 1.42 bits per heavy atom. The number of nitrogens with zero attached hydrogens (tertiary/aromatic N) is 4. The molecule has 1 aliphatic heterocycles. The van der Waals surface area contributed by atoms with Crippen molar-refractivity contribution in [2.75, 3.05) is 20.1 Å². The molecule has 1 aromatic rings. The largest absolute Gasteiger partial charge is 0.481 e. The van der Waals surface area contributed by atoms with E-state index in [-0.39, 0.29) is 24.4 Å². The van der Waals surface area contributed by atoms with Crippen molar-refractivity contribution in [1.29, 1.82) is 0 Å². The molecule has 0 radical (unpaired) electrons. The molecule has 3 atom stereocenters. The number of amides is 2. The lowest BCUT2D eigenvalue weighted by Gasteiger charge is -2.38. The number of piperidine rings is 1. The number of carboxylic acids is 1. The van der Waals surface area contributed by atoms with Crippen molar-refractivity contribution in [3.05, 3.63) is 18.5 Å². The van der Waals surface area contributed by atoms with E-state index in [1.165, 1.54) is 9.58 Å². The van der Waals surface area contributed by atoms with E-state index >= 15 is 0 Å². The number of carbonyl (C=O) groups is 3. The third kappa shape index (κ3) is 3.74. The molecular weight excluding hydrogens is 312 g/mol. The van der Waals surface area contributed by atoms with Crippen LogP contribution in [0.2, 0.25) is 0 Å². The van der Waals surface area contributed by atoms with Crippen LogP contribution in [-0.2, 0) is 14.4 Å². The zero-order valence-corrected chi connectivity index (χ0v) is 14.3. The molecule has 0 aliphatic carbocycles. The Bertz CT molecular complexity index is 601. The highest BCUT2D eigenvalue weighted by molar-refractivity contribution is 5.87. The minimum absolute atomic E-state index is 0.0683. The van der Waals surface area contributed by atoms with E-state index in [0.29, 0.717) is 19.4 Å². The van der Waals surface area contributed by atoms with Crippen LogP contribution in [0, 0.1) is 5.92 Å². The minimum atomic E-state index is -0.878. The average molecular weight is 336 g/mol. The van der Waals surface area contributed by atoms with E-state index in [4.69, 9.17) is 0 Å². The Labute approximate surface area is 141 Å². The van der Waals surface area contributed by atoms with Crippen LogP contribution < -0.4 is 0 Å². The Hall–Kier alpha value is -2.38. The van der Waals surface area contributed by atoms with Crippen molar-refractivity contribution in [2.24, 2.45) is 5.92 Å². The molecule has 0 saturated carbocycles. The van der Waals surface area contributed by atoms with E-state index in [1.54, 1.807) is 44.3 Å². The number of aromatic nitrogens is 2. The van der Waals surface area contributed by atoms with Crippen molar-refractivity contribution in [2.45, 2.75) is 38.8 Å². The second-order valence-electron chi connectivity index (χ2n) is 6.27. The molecule has 8 heteroatoms. The van der Waals surface area contributed by atoms with Crippen molar-refractivity contribution < 1.29 is 19.5 Å². The fourth-order valence-corrected chi connectivity index (χ4v) is 3.14. The zero-order chi connectivity index (χ0) is 17.9. The van der Waals surface area contributed by atoms with Crippen LogP contribution in [0.3, 0.4) is 0 Å². The minimum Gasteiger partial charge on any atom is -0.481 e. The van der Waals surface area contributed by atoms with Gasteiger partial charge in [0.25, 0.3) is 0 Å². The van der Waals surface area contributed by atoms with Crippen LogP contribution >= 0.6 is 0 Å². The summed E-state index contributed by atoms with van der Waals surface area (Å²) in [7, 11) is 1.57. The lowest BCUT2D eigenvalue weighted by molar-refractivity contribution is -0.151. The summed E-state index contributed by atoms with van der Waals surface area (Å²) in [6, 6.07) is 0.871. The van der Waals surface area contributed by atoms with Crippen LogP contribution in [-0.4, -0.2) is 68.6 Å². The van der Waals surface area contributed by atoms with Gasteiger partial charge in [-0.15, -0.1) is 0 Å². The highest BCUT2D eigenvalue weighted by Gasteiger charge is 2.36. The molecule has 0 bridgehead atoms. The fourth-order valence-electron chi connectivity index (χ4n) is 3.14. The van der Waals surface area contributed by atoms with E-state index < -0.39 is 17.9 Å². The summed E-state index contributed by atoms with van der Waals surface area (Å²) in [4.78, 5) is 39.1. The molecule has 1 N–H and O–H groups in total. The van der Waals surface area contributed by atoms with Gasteiger partial charge in [0.05, 0.1) is 12.5 Å². The quantitative estimate of drug-likeness (QED) is 0.850. The number of rotatable bonds is 5. The van der Waals surface area contributed by atoms with Gasteiger partial charge in [0, 0.05) is 32.0 Å². The first kappa shape index (κ1) is 18.0. The summed E-state index contributed by atoms with van der Waals surface area (Å²) >= 11 is 0. The van der Waals surface area contributed by atoms with Crippen molar-refractivity contribution in [3.8, 4) is 0 Å². The predicted molar refractivity (Wildman–Crippen MR) is 86.1 cm³/mol. The summed E-state index contributed by atoms with van der Waals surface area (Å²) in [5, 5.41) is 13.3. The molecule has 1 aliphatic rings. The van der Waals surface area contributed by atoms with Crippen LogP contribution in [0.15, 0.2) is 18.5 Å². The first-order chi connectivity index (χ1) is 11.3. The maximum absolute atomic E-state index is 12.5. The highest BCUT2D eigenvalue weighted by atomic mass is 16.4. The molecule has 2 amide bonds. The molecule has 8 nitrogen and oxygen atoms in total. The smallest absolute Gasteiger partial charge is 0.308 e. The number of hydrogen-bond acceptors (Lipinski definition) is 4. The zero-order valence-electron chi connectivity index (χ0n) is 14.3. The van der Waals surface area contributed by atoms with E-state index in [2.05, 4.69) is 5.10 Å². The number of carbonyl (C=O) groups excluding carboxylic acids is 2. The lowest BCUT2D eigenvalue weighted by atomic mass is 9.90. The molecule has 1 unspecified atom stereocenters. The standard InChI is InChI=1S/C16H24N4O4/c1-11-13(16(23)24)6-4-8-19(11)14(21)10-18(3)15(22)12(2)20-9-5-7-17-20/h5,7,9,11-13H,4,6,8,10H2,1-3H3,(H,23,24)/t11-,12?,13-/m0/s1. The molecule has 0 spiro atoms. The van der Waals surface area contributed by atoms with Gasteiger partial charge in [0.15, 0.2) is 0 Å². The van der Waals surface area contributed by atoms with Crippen molar-refractivity contribution in [1.82, 2.24) is 19.6 Å². The van der Waals surface area contributed by atoms with Gasteiger partial charge < -0.3 is 14.9 Å². The average Bonchev–Trinajstić information content (AvgIpc) is 3.07. The maximum atomic E-state index is 12.5. The SMILES string of the molecule is CC(C(=O)N(C)CC(=O)N1CCC[C@H](C(=O)O)[C@@H]1C)n1cccn1. The Morgan fingerprint density at radius 3 is 2.71 bits per heavy atom. The number of carboxylic acid groups (broad SMARTS) is 1. The van der Waals surface area contributed by atoms with Gasteiger partial charge in [0.1, 0.15) is 6.04 Å². The summed E-state index contributed by atoms with van der Waals surface area (Å²) in [5.74, 6) is -1.87. The van der Waals surface area contributed by atoms with Crippen molar-refractivity contribution in [3.63, 3.8) is 0 Å². The predicted octanol–water partition coefficient (Wildman–Crippen LogP) is 0.614. The van der Waals surface area contributed by atoms with Gasteiger partial charge in [0.2, 0.25) is 11.8 Å². The van der Waals surface area contributed by atoms with Crippen molar-refractivity contribution >= 4 is 17.8 Å². The highest BCUT2D eigenvalue weighted by Crippen LogP contribution is 2.24. The second-order valence-corrected chi connectivity index (χ2v) is 6.27. The Balaban J connectivity index is 1.98. The van der Waals surface area contributed by atoms with Crippen LogP contribution in [0.5, 0.6) is 0 Å². The van der Waals surface area contributed by atoms with Crippen LogP contribution in [0.4, 0.5) is 0 Å². The first-order valence-corrected chi connectivity index (χ1v) is 8.09. The third-order valence-corrected chi connectivity index (χ3v) is 4.65. The molecule has 1 saturated heterocycles. The topological polar surface area (TPSA) is 95.7 Å². The maximum Gasteiger partial charge on any atom is 0.308 e. The molecule has 2 rings (SSSR count). The molecule has 2 heterocycles. The second kappa shape index (κ2) is 7.46. The van der Waals surface area contributed by atoms with Gasteiger partial charge in [-0.1, -0.05) is 0 Å². The molecule has 1 aromatic heterocycles. The van der Waals surface area contributed by atoms with Crippen LogP contribution in [0.25, 0.3) is 0 Å². The van der Waals surface area contributed by atoms with E-state index in [9.17, 15) is 19.5 Å². The first-order valence-electron chi connectivity index (χ1n) is 8.09. The fraction of sp³-hybridized carbons (Fsp3) is 0.625. The number of likely N-dealkylation sites (N-methyl/N-ethyl adjacent to an activating group) is 1. The summed E-state index contributed by atoms with van der Waals surface area (Å²) in [5.41, 5.74) is 0. The lowest BCUT2D eigenvalue weighted by Crippen LogP contribution is -2.52. The Kier molecular flexibility index (Phi) is 5.58. The third-order valence-electron chi connectivity index (χ3n) is 4.65. The molecule has 132 valence electrons. The number of likely N-dealkylation sites (tertiary alicyclic amines) is 1. The van der Waals surface area contributed by atoms with Gasteiger partial charge in [-0.2, -0.15) is 5.10 Å². The van der Waals surface area contributed by atoms with Crippen LogP contribution in [0.1, 0.15) is 32.7 Å². The summed E-state index contributed by atoms with van der Waals surface area (Å²) in [6.07, 6.45) is 4.53. The number of aliphatic carboxylic acids is 1. The van der Waals surface area contributed by atoms with Gasteiger partial charge >= 0.3 is 5.97 Å². The summed E-state index contributed by atoms with van der Waals surface area (Å²) in [6.45, 7) is 3.94. The molecular formula is C16H24N4O4. The molecule has 1 fully saturated rings. The normalized spacial score (nSPS) is 22.0. The van der Waals surface area contributed by atoms with Gasteiger partial charge in [-0.05, 0) is 32.8 Å². The van der Waals surface area contributed by atoms with Gasteiger partial charge in [-0.25, -0.2) is 0 Å². The van der Waals surface area contributed by atoms with Gasteiger partial charge in [-0.3, -0.25) is 19.1 Å². The monoisotopic (exact) mass is 336 g/mol. The number of hydrogen-bond donors (Lipinski definition) is 1.